The molecule has 0 saturated carbocycles. The highest BCUT2D eigenvalue weighted by Gasteiger charge is 2.13. The molecular formula is C11H15N5. The highest BCUT2D eigenvalue weighted by molar-refractivity contribution is 5.66. The average Bonchev–Trinajstić information content (AvgIpc) is 2.62. The number of nitrogen functional groups attached to an aromatic ring is 1. The maximum absolute atomic E-state index is 5.88. The van der Waals surface area contributed by atoms with Crippen molar-refractivity contribution in [3.63, 3.8) is 0 Å². The first-order chi connectivity index (χ1) is 7.74. The predicted octanol–water partition coefficient (Wildman–Crippen LogP) is 1.64. The number of aryl methyl sites for hydroxylation is 1. The van der Waals surface area contributed by atoms with E-state index in [9.17, 15) is 0 Å². The largest absolute Gasteiger partial charge is 0.397 e. The molecule has 84 valence electrons. The van der Waals surface area contributed by atoms with E-state index in [2.05, 4.69) is 22.1 Å². The van der Waals surface area contributed by atoms with Gasteiger partial charge in [-0.3, -0.25) is 4.98 Å². The second-order valence-electron chi connectivity index (χ2n) is 3.66. The van der Waals surface area contributed by atoms with Crippen molar-refractivity contribution >= 4 is 5.69 Å². The number of pyridine rings is 1. The molecule has 2 aromatic heterocycles. The molecule has 0 unspecified atom stereocenters. The third-order valence-electron chi connectivity index (χ3n) is 2.43. The monoisotopic (exact) mass is 217 g/mol. The van der Waals surface area contributed by atoms with Gasteiger partial charge >= 0.3 is 0 Å². The van der Waals surface area contributed by atoms with Crippen LogP contribution < -0.4 is 5.73 Å². The molecular weight excluding hydrogens is 202 g/mol. The second-order valence-corrected chi connectivity index (χ2v) is 3.66. The van der Waals surface area contributed by atoms with E-state index in [-0.39, 0.29) is 0 Å². The van der Waals surface area contributed by atoms with Crippen LogP contribution in [0.2, 0.25) is 0 Å². The lowest BCUT2D eigenvalue weighted by molar-refractivity contribution is 0.662. The van der Waals surface area contributed by atoms with Crippen LogP contribution in [0.4, 0.5) is 5.69 Å². The fraction of sp³-hybridized carbons (Fsp3) is 0.364. The quantitative estimate of drug-likeness (QED) is 0.848. The van der Waals surface area contributed by atoms with Crippen LogP contribution in [-0.4, -0.2) is 19.7 Å². The van der Waals surface area contributed by atoms with Gasteiger partial charge in [-0.25, -0.2) is 0 Å². The van der Waals surface area contributed by atoms with Crippen molar-refractivity contribution in [1.29, 1.82) is 0 Å². The van der Waals surface area contributed by atoms with Crippen LogP contribution in [-0.2, 0) is 6.54 Å². The minimum Gasteiger partial charge on any atom is -0.397 e. The fourth-order valence-electron chi connectivity index (χ4n) is 1.65. The van der Waals surface area contributed by atoms with E-state index in [1.807, 2.05) is 23.6 Å². The van der Waals surface area contributed by atoms with Crippen LogP contribution in [0.25, 0.3) is 11.5 Å². The zero-order chi connectivity index (χ0) is 11.5. The van der Waals surface area contributed by atoms with E-state index in [0.717, 1.165) is 24.6 Å². The molecule has 0 aromatic carbocycles. The lowest BCUT2D eigenvalue weighted by Gasteiger charge is -2.07. The van der Waals surface area contributed by atoms with Crippen molar-refractivity contribution in [3.05, 3.63) is 24.2 Å². The van der Waals surface area contributed by atoms with E-state index >= 15 is 0 Å². The van der Waals surface area contributed by atoms with Crippen LogP contribution >= 0.6 is 0 Å². The van der Waals surface area contributed by atoms with Gasteiger partial charge in [0.1, 0.15) is 11.5 Å². The topological polar surface area (TPSA) is 69.6 Å². The Labute approximate surface area is 94.3 Å². The molecule has 2 rings (SSSR count). The summed E-state index contributed by atoms with van der Waals surface area (Å²) in [5, 5.41) is 8.21. The Kier molecular flexibility index (Phi) is 2.85. The van der Waals surface area contributed by atoms with Crippen LogP contribution in [0.5, 0.6) is 0 Å². The summed E-state index contributed by atoms with van der Waals surface area (Å²) in [6.07, 6.45) is 2.74. The van der Waals surface area contributed by atoms with Crippen molar-refractivity contribution < 1.29 is 0 Å². The Morgan fingerprint density at radius 1 is 1.38 bits per heavy atom. The van der Waals surface area contributed by atoms with Crippen LogP contribution in [0, 0.1) is 6.92 Å². The first-order valence-electron chi connectivity index (χ1n) is 5.34. The summed E-state index contributed by atoms with van der Waals surface area (Å²) in [5.41, 5.74) is 7.22. The number of nitrogens with zero attached hydrogens (tertiary/aromatic N) is 4. The summed E-state index contributed by atoms with van der Waals surface area (Å²) in [6, 6.07) is 3.63. The van der Waals surface area contributed by atoms with Crippen molar-refractivity contribution in [2.45, 2.75) is 26.8 Å². The minimum absolute atomic E-state index is 0.632. The molecule has 0 aliphatic heterocycles. The Morgan fingerprint density at radius 3 is 2.88 bits per heavy atom. The molecule has 2 N–H and O–H groups in total. The average molecular weight is 217 g/mol. The van der Waals surface area contributed by atoms with E-state index in [4.69, 9.17) is 5.73 Å². The number of anilines is 1. The van der Waals surface area contributed by atoms with E-state index in [0.29, 0.717) is 11.4 Å². The van der Waals surface area contributed by atoms with Gasteiger partial charge in [-0.1, -0.05) is 6.92 Å². The molecule has 2 heterocycles. The smallest absolute Gasteiger partial charge is 0.184 e. The summed E-state index contributed by atoms with van der Waals surface area (Å²) >= 11 is 0. The molecule has 0 fully saturated rings. The van der Waals surface area contributed by atoms with Crippen LogP contribution in [0.3, 0.4) is 0 Å². The van der Waals surface area contributed by atoms with Crippen molar-refractivity contribution in [2.24, 2.45) is 0 Å². The highest BCUT2D eigenvalue weighted by Crippen LogP contribution is 2.21. The predicted molar refractivity (Wildman–Crippen MR) is 62.7 cm³/mol. The highest BCUT2D eigenvalue weighted by atomic mass is 15.3. The van der Waals surface area contributed by atoms with Crippen LogP contribution in [0.1, 0.15) is 19.2 Å². The molecule has 0 saturated heterocycles. The number of aromatic nitrogens is 4. The van der Waals surface area contributed by atoms with Gasteiger partial charge in [0.15, 0.2) is 5.82 Å². The molecule has 0 amide bonds. The molecule has 5 nitrogen and oxygen atoms in total. The van der Waals surface area contributed by atoms with Gasteiger partial charge in [-0.15, -0.1) is 10.2 Å². The summed E-state index contributed by atoms with van der Waals surface area (Å²) in [5.74, 6) is 1.64. The first kappa shape index (κ1) is 10.6. The van der Waals surface area contributed by atoms with Crippen molar-refractivity contribution in [1.82, 2.24) is 19.7 Å². The maximum Gasteiger partial charge on any atom is 0.184 e. The summed E-state index contributed by atoms with van der Waals surface area (Å²) in [7, 11) is 0. The number of hydrogen-bond acceptors (Lipinski definition) is 4. The Bertz CT molecular complexity index is 489. The third kappa shape index (κ3) is 1.76. The van der Waals surface area contributed by atoms with Gasteiger partial charge in [-0.2, -0.15) is 0 Å². The van der Waals surface area contributed by atoms with E-state index in [1.54, 1.807) is 6.20 Å². The molecule has 0 aliphatic rings. The summed E-state index contributed by atoms with van der Waals surface area (Å²) < 4.78 is 2.04. The van der Waals surface area contributed by atoms with Gasteiger partial charge in [0.25, 0.3) is 0 Å². The van der Waals surface area contributed by atoms with Crippen molar-refractivity contribution in [3.8, 4) is 11.5 Å². The Balaban J connectivity index is 2.52. The summed E-state index contributed by atoms with van der Waals surface area (Å²) in [6.45, 7) is 4.93. The van der Waals surface area contributed by atoms with Gasteiger partial charge in [0, 0.05) is 12.7 Å². The van der Waals surface area contributed by atoms with Gasteiger partial charge in [-0.05, 0) is 25.5 Å². The Morgan fingerprint density at radius 2 is 2.19 bits per heavy atom. The molecule has 5 heteroatoms. The number of rotatable bonds is 3. The first-order valence-corrected chi connectivity index (χ1v) is 5.34. The van der Waals surface area contributed by atoms with Gasteiger partial charge in [0.2, 0.25) is 0 Å². The van der Waals surface area contributed by atoms with E-state index < -0.39 is 0 Å². The SMILES string of the molecule is CCCn1c(C)nnc1-c1ncccc1N. The normalized spacial score (nSPS) is 10.6. The van der Waals surface area contributed by atoms with Crippen LogP contribution in [0.15, 0.2) is 18.3 Å². The minimum atomic E-state index is 0.632. The van der Waals surface area contributed by atoms with Gasteiger partial charge < -0.3 is 10.3 Å². The van der Waals surface area contributed by atoms with Crippen molar-refractivity contribution in [2.75, 3.05) is 5.73 Å². The fourth-order valence-corrected chi connectivity index (χ4v) is 1.65. The standard InChI is InChI=1S/C11H15N5/c1-3-7-16-8(2)14-15-11(16)10-9(12)5-4-6-13-10/h4-6H,3,7,12H2,1-2H3. The molecule has 0 spiro atoms. The van der Waals surface area contributed by atoms with Gasteiger partial charge in [0.05, 0.1) is 5.69 Å². The molecule has 16 heavy (non-hydrogen) atoms. The molecule has 0 bridgehead atoms. The third-order valence-corrected chi connectivity index (χ3v) is 2.43. The molecule has 0 radical (unpaired) electrons. The molecule has 2 aromatic rings. The zero-order valence-electron chi connectivity index (χ0n) is 9.51. The molecule has 0 atom stereocenters. The molecule has 0 aliphatic carbocycles. The number of hydrogen-bond donors (Lipinski definition) is 1. The lowest BCUT2D eigenvalue weighted by atomic mass is 10.3. The lowest BCUT2D eigenvalue weighted by Crippen LogP contribution is -2.04. The maximum atomic E-state index is 5.88. The zero-order valence-corrected chi connectivity index (χ0v) is 9.51. The second kappa shape index (κ2) is 4.30. The Hall–Kier alpha value is -1.91. The summed E-state index contributed by atoms with van der Waals surface area (Å²) in [4.78, 5) is 4.26. The number of nitrogens with two attached hydrogens (primary N) is 1. The van der Waals surface area contributed by atoms with E-state index in [1.165, 1.54) is 0 Å².